The minimum atomic E-state index is -0.00573. The molecule has 6 nitrogen and oxygen atoms in total. The van der Waals surface area contributed by atoms with Crippen molar-refractivity contribution in [3.8, 4) is 23.0 Å². The molecule has 3 aliphatic heterocycles. The SMILES string of the molecule is COc1ccc([C@@H]2OC[C@@H]3C(c4ccc5c(c4)OCO5)OC[C@@H]32)cc1OC. The van der Waals surface area contributed by atoms with Gasteiger partial charge in [-0.3, -0.25) is 0 Å². The molecule has 6 heteroatoms. The molecule has 0 bridgehead atoms. The van der Waals surface area contributed by atoms with E-state index in [4.69, 9.17) is 28.4 Å². The number of fused-ring (bicyclic) bond motifs is 2. The normalized spacial score (nSPS) is 28.2. The van der Waals surface area contributed by atoms with Crippen molar-refractivity contribution in [3.05, 3.63) is 47.5 Å². The molecule has 0 saturated carbocycles. The summed E-state index contributed by atoms with van der Waals surface area (Å²) in [6, 6.07) is 12.0. The summed E-state index contributed by atoms with van der Waals surface area (Å²) in [7, 11) is 3.29. The Balaban J connectivity index is 1.39. The number of benzene rings is 2. The van der Waals surface area contributed by atoms with Gasteiger partial charge in [0, 0.05) is 11.8 Å². The largest absolute Gasteiger partial charge is 0.493 e. The first-order valence-electron chi connectivity index (χ1n) is 9.13. The third-order valence-corrected chi connectivity index (χ3v) is 5.73. The lowest BCUT2D eigenvalue weighted by molar-refractivity contribution is 0.0191. The van der Waals surface area contributed by atoms with E-state index in [1.807, 2.05) is 30.3 Å². The Labute approximate surface area is 157 Å². The highest BCUT2D eigenvalue weighted by atomic mass is 16.7. The van der Waals surface area contributed by atoms with E-state index in [-0.39, 0.29) is 19.0 Å². The van der Waals surface area contributed by atoms with Gasteiger partial charge in [-0.2, -0.15) is 0 Å². The maximum Gasteiger partial charge on any atom is 0.231 e. The van der Waals surface area contributed by atoms with Crippen LogP contribution in [0, 0.1) is 11.8 Å². The van der Waals surface area contributed by atoms with E-state index in [1.165, 1.54) is 0 Å². The molecule has 2 aromatic rings. The molecule has 0 aliphatic carbocycles. The van der Waals surface area contributed by atoms with Gasteiger partial charge in [-0.25, -0.2) is 0 Å². The van der Waals surface area contributed by atoms with Crippen molar-refractivity contribution in [2.24, 2.45) is 11.8 Å². The minimum absolute atomic E-state index is 0.00573. The summed E-state index contributed by atoms with van der Waals surface area (Å²) in [6.45, 7) is 1.62. The topological polar surface area (TPSA) is 55.4 Å². The van der Waals surface area contributed by atoms with Crippen molar-refractivity contribution in [2.45, 2.75) is 12.2 Å². The molecule has 0 aromatic heterocycles. The van der Waals surface area contributed by atoms with Crippen molar-refractivity contribution in [1.29, 1.82) is 0 Å². The Morgan fingerprint density at radius 3 is 2.07 bits per heavy atom. The second kappa shape index (κ2) is 6.62. The molecule has 2 fully saturated rings. The standard InChI is InChI=1S/C21H22O6/c1-22-16-5-3-12(7-18(16)23-2)20-14-9-25-21(15(14)10-24-20)13-4-6-17-19(8-13)27-11-26-17/h3-8,14-15,20-21H,9-11H2,1-2H3/t14-,15-,20-,21?/m0/s1. The second-order valence-electron chi connectivity index (χ2n) is 7.06. The van der Waals surface area contributed by atoms with Crippen molar-refractivity contribution in [1.82, 2.24) is 0 Å². The predicted molar refractivity (Wildman–Crippen MR) is 96.5 cm³/mol. The van der Waals surface area contributed by atoms with Crippen LogP contribution < -0.4 is 18.9 Å². The molecule has 27 heavy (non-hydrogen) atoms. The summed E-state index contributed by atoms with van der Waals surface area (Å²) in [6.07, 6.45) is 0.00320. The third-order valence-electron chi connectivity index (χ3n) is 5.73. The Hall–Kier alpha value is -2.44. The van der Waals surface area contributed by atoms with Crippen LogP contribution in [-0.2, 0) is 9.47 Å². The average Bonchev–Trinajstić information content (AvgIpc) is 3.42. The number of rotatable bonds is 4. The number of hydrogen-bond donors (Lipinski definition) is 0. The highest BCUT2D eigenvalue weighted by molar-refractivity contribution is 5.46. The van der Waals surface area contributed by atoms with Gasteiger partial charge in [0.05, 0.1) is 39.6 Å². The summed E-state index contributed by atoms with van der Waals surface area (Å²) < 4.78 is 34.1. The molecule has 2 saturated heterocycles. The van der Waals surface area contributed by atoms with E-state index in [0.29, 0.717) is 30.8 Å². The van der Waals surface area contributed by atoms with Crippen LogP contribution in [0.25, 0.3) is 0 Å². The summed E-state index contributed by atoms with van der Waals surface area (Å²) in [4.78, 5) is 0. The van der Waals surface area contributed by atoms with Crippen LogP contribution in [0.1, 0.15) is 23.3 Å². The first-order valence-corrected chi connectivity index (χ1v) is 9.13. The molecule has 3 heterocycles. The van der Waals surface area contributed by atoms with Gasteiger partial charge < -0.3 is 28.4 Å². The molecule has 4 atom stereocenters. The molecule has 0 amide bonds. The van der Waals surface area contributed by atoms with Crippen LogP contribution in [0.5, 0.6) is 23.0 Å². The summed E-state index contributed by atoms with van der Waals surface area (Å²) in [5, 5.41) is 0. The Morgan fingerprint density at radius 1 is 0.741 bits per heavy atom. The van der Waals surface area contributed by atoms with Crippen LogP contribution >= 0.6 is 0 Å². The number of hydrogen-bond acceptors (Lipinski definition) is 6. The van der Waals surface area contributed by atoms with Gasteiger partial charge >= 0.3 is 0 Å². The molecule has 0 N–H and O–H groups in total. The van der Waals surface area contributed by atoms with Gasteiger partial charge in [0.15, 0.2) is 23.0 Å². The molecule has 5 rings (SSSR count). The predicted octanol–water partition coefficient (Wildman–Crippen LogP) is 3.51. The smallest absolute Gasteiger partial charge is 0.231 e. The molecule has 0 spiro atoms. The summed E-state index contributed by atoms with van der Waals surface area (Å²) >= 11 is 0. The molecule has 142 valence electrons. The van der Waals surface area contributed by atoms with Gasteiger partial charge in [0.1, 0.15) is 0 Å². The fraction of sp³-hybridized carbons (Fsp3) is 0.429. The molecular formula is C21H22O6. The Morgan fingerprint density at radius 2 is 1.37 bits per heavy atom. The van der Waals surface area contributed by atoms with E-state index < -0.39 is 0 Å². The zero-order valence-electron chi connectivity index (χ0n) is 15.3. The summed E-state index contributed by atoms with van der Waals surface area (Å²) in [5.41, 5.74) is 2.21. The van der Waals surface area contributed by atoms with E-state index >= 15 is 0 Å². The fourth-order valence-electron chi connectivity index (χ4n) is 4.35. The minimum Gasteiger partial charge on any atom is -0.493 e. The first kappa shape index (κ1) is 16.7. The van der Waals surface area contributed by atoms with Gasteiger partial charge in [-0.05, 0) is 35.4 Å². The molecule has 2 aromatic carbocycles. The zero-order valence-corrected chi connectivity index (χ0v) is 15.3. The van der Waals surface area contributed by atoms with Crippen LogP contribution in [0.4, 0.5) is 0 Å². The lowest BCUT2D eigenvalue weighted by Crippen LogP contribution is -2.14. The average molecular weight is 370 g/mol. The van der Waals surface area contributed by atoms with Crippen molar-refractivity contribution in [2.75, 3.05) is 34.2 Å². The lowest BCUT2D eigenvalue weighted by atomic mass is 9.85. The maximum atomic E-state index is 6.19. The highest BCUT2D eigenvalue weighted by Gasteiger charge is 2.48. The maximum absolute atomic E-state index is 6.19. The van der Waals surface area contributed by atoms with Crippen molar-refractivity contribution in [3.63, 3.8) is 0 Å². The Bertz CT molecular complexity index is 851. The van der Waals surface area contributed by atoms with Crippen molar-refractivity contribution < 1.29 is 28.4 Å². The van der Waals surface area contributed by atoms with E-state index in [9.17, 15) is 0 Å². The molecule has 0 radical (unpaired) electrons. The van der Waals surface area contributed by atoms with Crippen LogP contribution in [0.15, 0.2) is 36.4 Å². The van der Waals surface area contributed by atoms with E-state index in [2.05, 4.69) is 6.07 Å². The molecule has 3 aliphatic rings. The van der Waals surface area contributed by atoms with Gasteiger partial charge in [0.2, 0.25) is 6.79 Å². The fourth-order valence-corrected chi connectivity index (χ4v) is 4.35. The van der Waals surface area contributed by atoms with E-state index in [1.54, 1.807) is 14.2 Å². The van der Waals surface area contributed by atoms with Crippen LogP contribution in [0.3, 0.4) is 0 Å². The third kappa shape index (κ3) is 2.71. The first-order chi connectivity index (χ1) is 13.3. The van der Waals surface area contributed by atoms with Gasteiger partial charge in [-0.1, -0.05) is 12.1 Å². The molecular weight excluding hydrogens is 348 g/mol. The number of methoxy groups -OCH3 is 2. The van der Waals surface area contributed by atoms with Crippen molar-refractivity contribution >= 4 is 0 Å². The highest BCUT2D eigenvalue weighted by Crippen LogP contribution is 2.51. The second-order valence-corrected chi connectivity index (χ2v) is 7.06. The Kier molecular flexibility index (Phi) is 4.10. The number of ether oxygens (including phenoxy) is 6. The van der Waals surface area contributed by atoms with Gasteiger partial charge in [-0.15, -0.1) is 0 Å². The molecule has 1 unspecified atom stereocenters. The monoisotopic (exact) mass is 370 g/mol. The van der Waals surface area contributed by atoms with Gasteiger partial charge in [0.25, 0.3) is 0 Å². The van der Waals surface area contributed by atoms with Crippen LogP contribution in [0.2, 0.25) is 0 Å². The summed E-state index contributed by atoms with van der Waals surface area (Å²) in [5.74, 6) is 3.63. The van der Waals surface area contributed by atoms with E-state index in [0.717, 1.165) is 28.4 Å². The van der Waals surface area contributed by atoms with Crippen LogP contribution in [-0.4, -0.2) is 34.2 Å². The lowest BCUT2D eigenvalue weighted by Gasteiger charge is -2.18. The quantitative estimate of drug-likeness (QED) is 0.821. The zero-order chi connectivity index (χ0) is 18.4.